The Labute approximate surface area is 263 Å². The predicted molar refractivity (Wildman–Crippen MR) is 171 cm³/mol. The van der Waals surface area contributed by atoms with Crippen molar-refractivity contribution in [3.05, 3.63) is 83.2 Å². The van der Waals surface area contributed by atoms with Crippen LogP contribution in [0.15, 0.2) is 65.2 Å². The summed E-state index contributed by atoms with van der Waals surface area (Å²) < 4.78 is 50.0. The number of hydrogen-bond acceptors (Lipinski definition) is 6. The average molecular weight is 624 g/mol. The van der Waals surface area contributed by atoms with Crippen molar-refractivity contribution in [2.45, 2.75) is 103 Å². The average Bonchev–Trinajstić information content (AvgIpc) is 3.50. The number of esters is 1. The van der Waals surface area contributed by atoms with Crippen molar-refractivity contribution in [3.63, 3.8) is 0 Å². The summed E-state index contributed by atoms with van der Waals surface area (Å²) in [7, 11) is 0. The smallest absolute Gasteiger partial charge is 0.416 e. The van der Waals surface area contributed by atoms with Crippen molar-refractivity contribution in [2.75, 3.05) is 6.61 Å². The highest BCUT2D eigenvalue weighted by Crippen LogP contribution is 2.31. The van der Waals surface area contributed by atoms with E-state index >= 15 is 0 Å². The lowest BCUT2D eigenvalue weighted by Gasteiger charge is -2.19. The van der Waals surface area contributed by atoms with Gasteiger partial charge in [-0.3, -0.25) is 10.1 Å². The van der Waals surface area contributed by atoms with Crippen molar-refractivity contribution in [3.8, 4) is 11.5 Å². The molecule has 1 heterocycles. The van der Waals surface area contributed by atoms with E-state index in [2.05, 4.69) is 22.4 Å². The van der Waals surface area contributed by atoms with Crippen LogP contribution in [0.2, 0.25) is 0 Å². The molecule has 0 saturated heterocycles. The van der Waals surface area contributed by atoms with E-state index in [9.17, 15) is 18.0 Å². The van der Waals surface area contributed by atoms with Gasteiger partial charge in [0.2, 0.25) is 0 Å². The van der Waals surface area contributed by atoms with Gasteiger partial charge in [0, 0.05) is 18.5 Å². The SMILES string of the molecule is CCCCCCCCCCCc1noc(-c2ccc(CNC(Cc3ccc(C(F)(F)F)cc3)C(=O)OCC)c3ccccc23)n1. The third kappa shape index (κ3) is 10.1. The van der Waals surface area contributed by atoms with Crippen LogP contribution in [0, 0.1) is 0 Å². The summed E-state index contributed by atoms with van der Waals surface area (Å²) in [5.74, 6) is 0.732. The highest BCUT2D eigenvalue weighted by molar-refractivity contribution is 5.96. The number of fused-ring (bicyclic) bond motifs is 1. The van der Waals surface area contributed by atoms with Gasteiger partial charge in [0.1, 0.15) is 6.04 Å². The normalized spacial score (nSPS) is 12.5. The molecule has 0 aliphatic carbocycles. The van der Waals surface area contributed by atoms with Gasteiger partial charge in [-0.2, -0.15) is 18.2 Å². The number of unbranched alkanes of at least 4 members (excludes halogenated alkanes) is 8. The number of nitrogens with zero attached hydrogens (tertiary/aromatic N) is 2. The molecule has 9 heteroatoms. The van der Waals surface area contributed by atoms with Crippen LogP contribution in [0.25, 0.3) is 22.2 Å². The minimum Gasteiger partial charge on any atom is -0.465 e. The van der Waals surface area contributed by atoms with Crippen LogP contribution in [0.3, 0.4) is 0 Å². The van der Waals surface area contributed by atoms with Crippen LogP contribution in [-0.4, -0.2) is 28.8 Å². The molecule has 0 radical (unpaired) electrons. The summed E-state index contributed by atoms with van der Waals surface area (Å²) in [5.41, 5.74) is 1.66. The second-order valence-electron chi connectivity index (χ2n) is 11.5. The third-order valence-electron chi connectivity index (χ3n) is 8.05. The maximum atomic E-state index is 13.0. The quantitative estimate of drug-likeness (QED) is 0.0880. The second-order valence-corrected chi connectivity index (χ2v) is 11.5. The lowest BCUT2D eigenvalue weighted by Crippen LogP contribution is -2.39. The Balaban J connectivity index is 1.40. The Morgan fingerprint density at radius 2 is 1.53 bits per heavy atom. The van der Waals surface area contributed by atoms with E-state index in [1.54, 1.807) is 6.92 Å². The molecule has 0 spiro atoms. The zero-order valence-electron chi connectivity index (χ0n) is 26.3. The van der Waals surface area contributed by atoms with Gasteiger partial charge in [0.05, 0.1) is 12.2 Å². The number of nitrogens with one attached hydrogen (secondary N) is 1. The number of carbonyl (C=O) groups is 1. The number of aryl methyl sites for hydroxylation is 1. The number of aromatic nitrogens is 2. The van der Waals surface area contributed by atoms with E-state index in [0.29, 0.717) is 23.8 Å². The Morgan fingerprint density at radius 1 is 0.867 bits per heavy atom. The molecule has 0 fully saturated rings. The lowest BCUT2D eigenvalue weighted by molar-refractivity contribution is -0.145. The topological polar surface area (TPSA) is 77.2 Å². The summed E-state index contributed by atoms with van der Waals surface area (Å²) in [5, 5.41) is 9.42. The van der Waals surface area contributed by atoms with Gasteiger partial charge in [-0.05, 0) is 59.9 Å². The first-order valence-electron chi connectivity index (χ1n) is 16.2. The molecule has 0 saturated carbocycles. The molecule has 0 bridgehead atoms. The molecule has 0 aliphatic heterocycles. The van der Waals surface area contributed by atoms with Crippen molar-refractivity contribution in [1.82, 2.24) is 15.5 Å². The van der Waals surface area contributed by atoms with Crippen LogP contribution in [-0.2, 0) is 35.1 Å². The molecule has 0 aliphatic rings. The fourth-order valence-electron chi connectivity index (χ4n) is 5.54. The van der Waals surface area contributed by atoms with Gasteiger partial charge in [0.15, 0.2) is 5.82 Å². The number of carbonyl (C=O) groups excluding carboxylic acids is 1. The number of alkyl halides is 3. The van der Waals surface area contributed by atoms with Crippen LogP contribution in [0.1, 0.15) is 94.1 Å². The first kappa shape index (κ1) is 34.2. The molecule has 4 rings (SSSR count). The number of ether oxygens (including phenoxy) is 1. The fraction of sp³-hybridized carbons (Fsp3) is 0.472. The van der Waals surface area contributed by atoms with Crippen molar-refractivity contribution >= 4 is 16.7 Å². The molecule has 1 unspecified atom stereocenters. The van der Waals surface area contributed by atoms with Crippen LogP contribution < -0.4 is 5.32 Å². The molecule has 1 atom stereocenters. The zero-order chi connectivity index (χ0) is 32.1. The fourth-order valence-corrected chi connectivity index (χ4v) is 5.54. The number of hydrogen-bond donors (Lipinski definition) is 1. The number of rotatable bonds is 18. The lowest BCUT2D eigenvalue weighted by atomic mass is 9.98. The van der Waals surface area contributed by atoms with E-state index in [0.717, 1.165) is 53.3 Å². The Kier molecular flexibility index (Phi) is 13.0. The van der Waals surface area contributed by atoms with Crippen molar-refractivity contribution in [2.24, 2.45) is 0 Å². The molecule has 1 aromatic heterocycles. The van der Waals surface area contributed by atoms with Crippen LogP contribution >= 0.6 is 0 Å². The minimum absolute atomic E-state index is 0.191. The highest BCUT2D eigenvalue weighted by atomic mass is 19.4. The summed E-state index contributed by atoms with van der Waals surface area (Å²) >= 11 is 0. The summed E-state index contributed by atoms with van der Waals surface area (Å²) in [6.45, 7) is 4.51. The van der Waals surface area contributed by atoms with E-state index in [1.165, 1.54) is 57.1 Å². The first-order valence-corrected chi connectivity index (χ1v) is 16.2. The molecule has 0 amide bonds. The van der Waals surface area contributed by atoms with E-state index in [1.807, 2.05) is 36.4 Å². The maximum absolute atomic E-state index is 13.0. The van der Waals surface area contributed by atoms with Gasteiger partial charge in [0.25, 0.3) is 5.89 Å². The summed E-state index contributed by atoms with van der Waals surface area (Å²) in [6.07, 6.45) is 7.87. The minimum atomic E-state index is -4.42. The van der Waals surface area contributed by atoms with Gasteiger partial charge in [-0.25, -0.2) is 0 Å². The Bertz CT molecular complexity index is 1480. The number of halogens is 3. The number of benzene rings is 3. The summed E-state index contributed by atoms with van der Waals surface area (Å²) in [6, 6.07) is 15.9. The molecule has 6 nitrogen and oxygen atoms in total. The Hall–Kier alpha value is -3.72. The molecule has 45 heavy (non-hydrogen) atoms. The van der Waals surface area contributed by atoms with Gasteiger partial charge in [-0.1, -0.05) is 106 Å². The van der Waals surface area contributed by atoms with Gasteiger partial charge >= 0.3 is 12.1 Å². The maximum Gasteiger partial charge on any atom is 0.416 e. The van der Waals surface area contributed by atoms with E-state index < -0.39 is 23.8 Å². The molecular formula is C36H44F3N3O3. The summed E-state index contributed by atoms with van der Waals surface area (Å²) in [4.78, 5) is 17.5. The standard InChI is InChI=1S/C36H44F3N3O3/c1-3-5-6-7-8-9-10-11-12-17-33-41-34(45-42-33)31-23-20-27(29-15-13-14-16-30(29)31)25-40-32(35(43)44-4-2)24-26-18-21-28(22-19-26)36(37,38)39/h13-16,18-23,32,40H,3-12,17,24-25H2,1-2H3. The molecular weight excluding hydrogens is 579 g/mol. The molecule has 242 valence electrons. The molecule has 3 aromatic carbocycles. The van der Waals surface area contributed by atoms with Crippen molar-refractivity contribution in [1.29, 1.82) is 0 Å². The van der Waals surface area contributed by atoms with Crippen LogP contribution in [0.4, 0.5) is 13.2 Å². The van der Waals surface area contributed by atoms with E-state index in [4.69, 9.17) is 9.26 Å². The zero-order valence-corrected chi connectivity index (χ0v) is 26.3. The first-order chi connectivity index (χ1) is 21.8. The second kappa shape index (κ2) is 17.1. The van der Waals surface area contributed by atoms with Crippen molar-refractivity contribution < 1.29 is 27.2 Å². The monoisotopic (exact) mass is 623 g/mol. The molecule has 1 N–H and O–H groups in total. The van der Waals surface area contributed by atoms with Gasteiger partial charge < -0.3 is 9.26 Å². The third-order valence-corrected chi connectivity index (χ3v) is 8.05. The Morgan fingerprint density at radius 3 is 2.20 bits per heavy atom. The highest BCUT2D eigenvalue weighted by Gasteiger charge is 2.30. The van der Waals surface area contributed by atoms with E-state index in [-0.39, 0.29) is 13.0 Å². The largest absolute Gasteiger partial charge is 0.465 e. The van der Waals surface area contributed by atoms with Gasteiger partial charge in [-0.15, -0.1) is 0 Å². The predicted octanol–water partition coefficient (Wildman–Crippen LogP) is 9.25. The molecule has 4 aromatic rings. The van der Waals surface area contributed by atoms with Crippen LogP contribution in [0.5, 0.6) is 0 Å².